The van der Waals surface area contributed by atoms with Crippen LogP contribution in [0, 0.1) is 0 Å². The highest BCUT2D eigenvalue weighted by molar-refractivity contribution is 7.92. The van der Waals surface area contributed by atoms with Crippen molar-refractivity contribution < 1.29 is 23.1 Å². The SMILES string of the molecule is O=C(O)CCCCCOc1cc(Cl)ccc1NS(=O)(=O)c1ccccc1. The van der Waals surface area contributed by atoms with Crippen LogP contribution in [0.15, 0.2) is 53.4 Å². The summed E-state index contributed by atoms with van der Waals surface area (Å²) in [4.78, 5) is 10.6. The first-order valence-corrected chi connectivity index (χ1v) is 9.96. The summed E-state index contributed by atoms with van der Waals surface area (Å²) >= 11 is 5.98. The van der Waals surface area contributed by atoms with Crippen molar-refractivity contribution in [2.24, 2.45) is 0 Å². The molecule has 0 bridgehead atoms. The smallest absolute Gasteiger partial charge is 0.303 e. The van der Waals surface area contributed by atoms with Gasteiger partial charge in [-0.05, 0) is 43.5 Å². The van der Waals surface area contributed by atoms with Crippen LogP contribution in [0.4, 0.5) is 5.69 Å². The molecule has 0 radical (unpaired) electrons. The highest BCUT2D eigenvalue weighted by Gasteiger charge is 2.16. The summed E-state index contributed by atoms with van der Waals surface area (Å²) in [5.74, 6) is -0.492. The van der Waals surface area contributed by atoms with Crippen molar-refractivity contribution >= 4 is 33.3 Å². The predicted octanol–water partition coefficient (Wildman–Crippen LogP) is 4.16. The van der Waals surface area contributed by atoms with Crippen molar-refractivity contribution in [2.45, 2.75) is 30.6 Å². The number of hydrogen-bond donors (Lipinski definition) is 2. The van der Waals surface area contributed by atoms with Gasteiger partial charge in [-0.1, -0.05) is 29.8 Å². The fourth-order valence-electron chi connectivity index (χ4n) is 2.24. The fraction of sp³-hybridized carbons (Fsp3) is 0.278. The number of aliphatic carboxylic acids is 1. The summed E-state index contributed by atoms with van der Waals surface area (Å²) in [6, 6.07) is 12.7. The topological polar surface area (TPSA) is 92.7 Å². The van der Waals surface area contributed by atoms with E-state index in [4.69, 9.17) is 21.4 Å². The minimum absolute atomic E-state index is 0.124. The Morgan fingerprint density at radius 3 is 2.50 bits per heavy atom. The van der Waals surface area contributed by atoms with Crippen LogP contribution in [0.1, 0.15) is 25.7 Å². The maximum Gasteiger partial charge on any atom is 0.303 e. The Labute approximate surface area is 157 Å². The number of halogens is 1. The van der Waals surface area contributed by atoms with E-state index in [-0.39, 0.29) is 11.3 Å². The first-order valence-electron chi connectivity index (χ1n) is 8.10. The first kappa shape index (κ1) is 20.1. The highest BCUT2D eigenvalue weighted by Crippen LogP contribution is 2.30. The van der Waals surface area contributed by atoms with Gasteiger partial charge in [-0.2, -0.15) is 0 Å². The Bertz CT molecular complexity index is 840. The lowest BCUT2D eigenvalue weighted by Crippen LogP contribution is -2.14. The van der Waals surface area contributed by atoms with Crippen LogP contribution in [0.25, 0.3) is 0 Å². The molecule has 140 valence electrons. The number of anilines is 1. The monoisotopic (exact) mass is 397 g/mol. The minimum Gasteiger partial charge on any atom is -0.491 e. The lowest BCUT2D eigenvalue weighted by molar-refractivity contribution is -0.137. The lowest BCUT2D eigenvalue weighted by atomic mass is 10.2. The molecule has 2 aromatic carbocycles. The average Bonchev–Trinajstić information content (AvgIpc) is 2.60. The van der Waals surface area contributed by atoms with Crippen LogP contribution in [0.3, 0.4) is 0 Å². The van der Waals surface area contributed by atoms with Gasteiger partial charge in [0.2, 0.25) is 0 Å². The van der Waals surface area contributed by atoms with E-state index >= 15 is 0 Å². The van der Waals surface area contributed by atoms with Gasteiger partial charge < -0.3 is 9.84 Å². The van der Waals surface area contributed by atoms with E-state index in [0.717, 1.165) is 0 Å². The van der Waals surface area contributed by atoms with E-state index in [2.05, 4.69) is 4.72 Å². The number of unbranched alkanes of at least 4 members (excludes halogenated alkanes) is 2. The molecule has 0 heterocycles. The molecule has 0 aliphatic carbocycles. The molecule has 0 spiro atoms. The number of rotatable bonds is 10. The normalized spacial score (nSPS) is 11.1. The highest BCUT2D eigenvalue weighted by atomic mass is 35.5. The van der Waals surface area contributed by atoms with Gasteiger partial charge in [0, 0.05) is 17.5 Å². The molecule has 6 nitrogen and oxygen atoms in total. The van der Waals surface area contributed by atoms with Gasteiger partial charge in [0.1, 0.15) is 5.75 Å². The van der Waals surface area contributed by atoms with Gasteiger partial charge >= 0.3 is 5.97 Å². The van der Waals surface area contributed by atoms with E-state index in [0.29, 0.717) is 42.3 Å². The zero-order chi connectivity index (χ0) is 19.0. The quantitative estimate of drug-likeness (QED) is 0.587. The largest absolute Gasteiger partial charge is 0.491 e. The maximum atomic E-state index is 12.5. The number of carboxylic acids is 1. The zero-order valence-electron chi connectivity index (χ0n) is 14.0. The summed E-state index contributed by atoms with van der Waals surface area (Å²) < 4.78 is 33.1. The second kappa shape index (κ2) is 9.45. The summed E-state index contributed by atoms with van der Waals surface area (Å²) in [6.07, 6.45) is 2.06. The second-order valence-electron chi connectivity index (χ2n) is 5.61. The molecule has 0 saturated carbocycles. The van der Waals surface area contributed by atoms with Crippen molar-refractivity contribution in [1.29, 1.82) is 0 Å². The number of carboxylic acid groups (broad SMARTS) is 1. The first-order chi connectivity index (χ1) is 12.4. The average molecular weight is 398 g/mol. The van der Waals surface area contributed by atoms with Crippen LogP contribution in [-0.4, -0.2) is 26.1 Å². The second-order valence-corrected chi connectivity index (χ2v) is 7.73. The molecule has 0 saturated heterocycles. The van der Waals surface area contributed by atoms with E-state index in [1.165, 1.54) is 12.1 Å². The third-order valence-electron chi connectivity index (χ3n) is 3.53. The van der Waals surface area contributed by atoms with Crippen LogP contribution in [0.2, 0.25) is 5.02 Å². The van der Waals surface area contributed by atoms with Crippen molar-refractivity contribution in [3.05, 3.63) is 53.6 Å². The molecule has 0 atom stereocenters. The van der Waals surface area contributed by atoms with Crippen LogP contribution in [0.5, 0.6) is 5.75 Å². The molecule has 2 aromatic rings. The molecule has 0 aliphatic rings. The molecule has 2 rings (SSSR count). The Morgan fingerprint density at radius 1 is 1.08 bits per heavy atom. The van der Waals surface area contributed by atoms with Crippen molar-refractivity contribution in [2.75, 3.05) is 11.3 Å². The Hall–Kier alpha value is -2.25. The Balaban J connectivity index is 2.02. The molecule has 8 heteroatoms. The lowest BCUT2D eigenvalue weighted by Gasteiger charge is -2.14. The molecule has 0 aromatic heterocycles. The van der Waals surface area contributed by atoms with Crippen LogP contribution in [-0.2, 0) is 14.8 Å². The van der Waals surface area contributed by atoms with Crippen molar-refractivity contribution in [1.82, 2.24) is 0 Å². The number of ether oxygens (including phenoxy) is 1. The maximum absolute atomic E-state index is 12.5. The molecule has 0 amide bonds. The number of carbonyl (C=O) groups is 1. The van der Waals surface area contributed by atoms with E-state index in [1.54, 1.807) is 36.4 Å². The summed E-state index contributed by atoms with van der Waals surface area (Å²) in [5, 5.41) is 9.03. The van der Waals surface area contributed by atoms with E-state index in [1.807, 2.05) is 0 Å². The number of benzene rings is 2. The number of nitrogens with one attached hydrogen (secondary N) is 1. The van der Waals surface area contributed by atoms with Gasteiger partial charge in [0.05, 0.1) is 17.2 Å². The fourth-order valence-corrected chi connectivity index (χ4v) is 3.49. The molecule has 26 heavy (non-hydrogen) atoms. The van der Waals surface area contributed by atoms with Gasteiger partial charge in [0.15, 0.2) is 0 Å². The number of hydrogen-bond acceptors (Lipinski definition) is 4. The third-order valence-corrected chi connectivity index (χ3v) is 5.15. The van der Waals surface area contributed by atoms with Gasteiger partial charge in [-0.15, -0.1) is 0 Å². The van der Waals surface area contributed by atoms with E-state index in [9.17, 15) is 13.2 Å². The molecule has 0 unspecified atom stereocenters. The van der Waals surface area contributed by atoms with Crippen molar-refractivity contribution in [3.8, 4) is 5.75 Å². The van der Waals surface area contributed by atoms with Crippen LogP contribution >= 0.6 is 11.6 Å². The zero-order valence-corrected chi connectivity index (χ0v) is 15.6. The minimum atomic E-state index is -3.74. The Morgan fingerprint density at radius 2 is 1.81 bits per heavy atom. The summed E-state index contributed by atoms with van der Waals surface area (Å²) in [5.41, 5.74) is 0.295. The molecule has 0 aliphatic heterocycles. The van der Waals surface area contributed by atoms with Crippen LogP contribution < -0.4 is 9.46 Å². The molecular weight excluding hydrogens is 378 g/mol. The van der Waals surface area contributed by atoms with Gasteiger partial charge in [-0.25, -0.2) is 8.42 Å². The predicted molar refractivity (Wildman–Crippen MR) is 100 cm³/mol. The Kier molecular flexibility index (Phi) is 7.29. The van der Waals surface area contributed by atoms with Gasteiger partial charge in [-0.3, -0.25) is 9.52 Å². The molecule has 0 fully saturated rings. The van der Waals surface area contributed by atoms with E-state index < -0.39 is 16.0 Å². The molecular formula is C18H20ClNO5S. The summed E-state index contributed by atoms with van der Waals surface area (Å²) in [6.45, 7) is 0.333. The third kappa shape index (κ3) is 6.24. The van der Waals surface area contributed by atoms with Crippen molar-refractivity contribution in [3.63, 3.8) is 0 Å². The summed E-state index contributed by atoms with van der Waals surface area (Å²) in [7, 11) is -3.74. The standard InChI is InChI=1S/C18H20ClNO5S/c19-14-10-11-16(20-26(23,24)15-7-3-1-4-8-15)17(13-14)25-12-6-2-5-9-18(21)22/h1,3-4,7-8,10-11,13,20H,2,5-6,9,12H2,(H,21,22). The molecule has 2 N–H and O–H groups in total. The van der Waals surface area contributed by atoms with Gasteiger partial charge in [0.25, 0.3) is 10.0 Å². The number of sulfonamides is 1.